The molecule has 2 unspecified atom stereocenters. The second kappa shape index (κ2) is 4.30. The zero-order valence-electron chi connectivity index (χ0n) is 8.83. The van der Waals surface area contributed by atoms with Gasteiger partial charge in [-0.3, -0.25) is 5.41 Å². The van der Waals surface area contributed by atoms with Gasteiger partial charge in [-0.05, 0) is 18.3 Å². The summed E-state index contributed by atoms with van der Waals surface area (Å²) < 4.78 is 0. The van der Waals surface area contributed by atoms with Crippen molar-refractivity contribution in [1.29, 1.82) is 5.41 Å². The Bertz CT molecular complexity index is 244. The summed E-state index contributed by atoms with van der Waals surface area (Å²) in [7, 11) is 0. The van der Waals surface area contributed by atoms with Crippen LogP contribution in [0.3, 0.4) is 0 Å². The van der Waals surface area contributed by atoms with Gasteiger partial charge < -0.3 is 16.4 Å². The predicted molar refractivity (Wildman–Crippen MR) is 58.1 cm³/mol. The number of likely N-dealkylation sites (tertiary alicyclic amines) is 1. The number of nitrogens with one attached hydrogen (secondary N) is 1. The first kappa shape index (κ1) is 10.8. The lowest BCUT2D eigenvalue weighted by Gasteiger charge is -2.35. The molecule has 0 aromatic carbocycles. The van der Waals surface area contributed by atoms with Gasteiger partial charge in [0, 0.05) is 13.1 Å². The highest BCUT2D eigenvalue weighted by Gasteiger charge is 2.23. The first-order valence-electron chi connectivity index (χ1n) is 4.94. The summed E-state index contributed by atoms with van der Waals surface area (Å²) in [5.74, 6) is 1.46. The first-order valence-corrected chi connectivity index (χ1v) is 4.94. The number of rotatable bonds is 0. The van der Waals surface area contributed by atoms with E-state index >= 15 is 0 Å². The van der Waals surface area contributed by atoms with E-state index in [0.29, 0.717) is 5.92 Å². The number of piperidine rings is 1. The summed E-state index contributed by atoms with van der Waals surface area (Å²) in [4.78, 5) is 5.66. The molecule has 1 heterocycles. The Morgan fingerprint density at radius 3 is 2.50 bits per heavy atom. The number of hydrogen-bond donors (Lipinski definition) is 3. The van der Waals surface area contributed by atoms with Crippen molar-refractivity contribution in [3.8, 4) is 0 Å². The lowest BCUT2D eigenvalue weighted by molar-refractivity contribution is 0.202. The first-order chi connectivity index (χ1) is 6.50. The fourth-order valence-corrected chi connectivity index (χ4v) is 1.65. The molecule has 5 nitrogen and oxygen atoms in total. The second-order valence-corrected chi connectivity index (χ2v) is 4.05. The zero-order chi connectivity index (χ0) is 10.7. The van der Waals surface area contributed by atoms with Crippen molar-refractivity contribution < 1.29 is 0 Å². The third kappa shape index (κ3) is 2.61. The van der Waals surface area contributed by atoms with Crippen LogP contribution in [0.1, 0.15) is 20.3 Å². The Morgan fingerprint density at radius 2 is 2.00 bits per heavy atom. The normalized spacial score (nSPS) is 27.1. The van der Waals surface area contributed by atoms with E-state index in [1.807, 2.05) is 4.90 Å². The Kier molecular flexibility index (Phi) is 3.33. The fraction of sp³-hybridized carbons (Fsp3) is 0.778. The minimum Gasteiger partial charge on any atom is -0.370 e. The predicted octanol–water partition coefficient (Wildman–Crippen LogP) is 0.172. The molecule has 1 aliphatic rings. The van der Waals surface area contributed by atoms with Gasteiger partial charge in [-0.15, -0.1) is 0 Å². The van der Waals surface area contributed by atoms with Gasteiger partial charge in [-0.1, -0.05) is 13.8 Å². The Morgan fingerprint density at radius 1 is 1.36 bits per heavy atom. The molecule has 0 amide bonds. The molecule has 0 aliphatic carbocycles. The Hall–Kier alpha value is -1.26. The molecule has 14 heavy (non-hydrogen) atoms. The highest BCUT2D eigenvalue weighted by Crippen LogP contribution is 2.22. The summed E-state index contributed by atoms with van der Waals surface area (Å²) >= 11 is 0. The van der Waals surface area contributed by atoms with Gasteiger partial charge in [0.1, 0.15) is 0 Å². The molecule has 80 valence electrons. The van der Waals surface area contributed by atoms with Gasteiger partial charge in [-0.25, -0.2) is 0 Å². The minimum atomic E-state index is -0.0405. The van der Waals surface area contributed by atoms with Gasteiger partial charge >= 0.3 is 0 Å². The molecule has 0 aromatic rings. The molecule has 0 bridgehead atoms. The van der Waals surface area contributed by atoms with Crippen molar-refractivity contribution in [1.82, 2.24) is 4.90 Å². The maximum Gasteiger partial charge on any atom is 0.221 e. The number of aliphatic imine (C=N–C) groups is 1. The molecule has 1 fully saturated rings. The average Bonchev–Trinajstić information content (AvgIpc) is 2.08. The molecule has 0 spiro atoms. The van der Waals surface area contributed by atoms with E-state index in [2.05, 4.69) is 18.8 Å². The van der Waals surface area contributed by atoms with Crippen LogP contribution in [0.4, 0.5) is 0 Å². The summed E-state index contributed by atoms with van der Waals surface area (Å²) in [6.45, 7) is 6.18. The SMILES string of the molecule is CC1CCN(C(=N)N=C(N)N)CC1C. The molecular formula is C9H19N5. The van der Waals surface area contributed by atoms with Crippen molar-refractivity contribution >= 4 is 11.9 Å². The standard InChI is InChI=1S/C9H19N5/c1-6-3-4-14(5-7(6)2)9(12)13-8(10)11/h6-7H,3-5H2,1-2H3,(H5,10,11,12,13). The second-order valence-electron chi connectivity index (χ2n) is 4.05. The summed E-state index contributed by atoms with van der Waals surface area (Å²) in [6.07, 6.45) is 1.10. The van der Waals surface area contributed by atoms with Crippen LogP contribution in [0, 0.1) is 17.2 Å². The van der Waals surface area contributed by atoms with Crippen molar-refractivity contribution in [3.05, 3.63) is 0 Å². The topological polar surface area (TPSA) is 91.5 Å². The zero-order valence-corrected chi connectivity index (χ0v) is 8.83. The van der Waals surface area contributed by atoms with Crippen LogP contribution in [0.2, 0.25) is 0 Å². The molecule has 1 rings (SSSR count). The molecule has 0 saturated carbocycles. The Balaban J connectivity index is 2.55. The largest absolute Gasteiger partial charge is 0.370 e. The fourth-order valence-electron chi connectivity index (χ4n) is 1.65. The molecule has 2 atom stereocenters. The molecule has 5 heteroatoms. The number of nitrogens with two attached hydrogens (primary N) is 2. The summed E-state index contributed by atoms with van der Waals surface area (Å²) in [5, 5.41) is 7.65. The van der Waals surface area contributed by atoms with Crippen LogP contribution >= 0.6 is 0 Å². The summed E-state index contributed by atoms with van der Waals surface area (Å²) in [6, 6.07) is 0. The van der Waals surface area contributed by atoms with Crippen LogP contribution in [0.25, 0.3) is 0 Å². The van der Waals surface area contributed by atoms with E-state index in [0.717, 1.165) is 25.4 Å². The van der Waals surface area contributed by atoms with Crippen LogP contribution in [-0.2, 0) is 0 Å². The molecule has 1 aliphatic heterocycles. The van der Waals surface area contributed by atoms with Crippen molar-refractivity contribution in [2.75, 3.05) is 13.1 Å². The number of hydrogen-bond acceptors (Lipinski definition) is 1. The maximum absolute atomic E-state index is 7.65. The van der Waals surface area contributed by atoms with Crippen LogP contribution in [0.15, 0.2) is 4.99 Å². The van der Waals surface area contributed by atoms with Crippen LogP contribution < -0.4 is 11.5 Å². The van der Waals surface area contributed by atoms with Crippen molar-refractivity contribution in [2.24, 2.45) is 28.3 Å². The highest BCUT2D eigenvalue weighted by molar-refractivity contribution is 5.91. The molecule has 0 radical (unpaired) electrons. The smallest absolute Gasteiger partial charge is 0.221 e. The lowest BCUT2D eigenvalue weighted by atomic mass is 9.89. The average molecular weight is 197 g/mol. The quantitative estimate of drug-likeness (QED) is 0.382. The van der Waals surface area contributed by atoms with E-state index in [1.54, 1.807) is 0 Å². The van der Waals surface area contributed by atoms with Gasteiger partial charge in [0.25, 0.3) is 0 Å². The van der Waals surface area contributed by atoms with E-state index in [1.165, 1.54) is 0 Å². The van der Waals surface area contributed by atoms with E-state index in [4.69, 9.17) is 16.9 Å². The van der Waals surface area contributed by atoms with E-state index in [-0.39, 0.29) is 11.9 Å². The van der Waals surface area contributed by atoms with Crippen molar-refractivity contribution in [3.63, 3.8) is 0 Å². The Labute approximate surface area is 84.7 Å². The van der Waals surface area contributed by atoms with Gasteiger partial charge in [0.05, 0.1) is 0 Å². The minimum absolute atomic E-state index is 0.0405. The summed E-state index contributed by atoms with van der Waals surface area (Å²) in [5.41, 5.74) is 10.4. The van der Waals surface area contributed by atoms with Gasteiger partial charge in [0.15, 0.2) is 5.96 Å². The lowest BCUT2D eigenvalue weighted by Crippen LogP contribution is -2.42. The molecule has 1 saturated heterocycles. The van der Waals surface area contributed by atoms with Crippen LogP contribution in [-0.4, -0.2) is 29.9 Å². The number of nitrogens with zero attached hydrogens (tertiary/aromatic N) is 2. The third-order valence-electron chi connectivity index (χ3n) is 2.87. The molecule has 5 N–H and O–H groups in total. The third-order valence-corrected chi connectivity index (χ3v) is 2.87. The van der Waals surface area contributed by atoms with Gasteiger partial charge in [-0.2, -0.15) is 4.99 Å². The van der Waals surface area contributed by atoms with Crippen LogP contribution in [0.5, 0.6) is 0 Å². The van der Waals surface area contributed by atoms with Crippen molar-refractivity contribution in [2.45, 2.75) is 20.3 Å². The van der Waals surface area contributed by atoms with E-state index < -0.39 is 0 Å². The number of guanidine groups is 2. The molecule has 0 aromatic heterocycles. The van der Waals surface area contributed by atoms with E-state index in [9.17, 15) is 0 Å². The monoisotopic (exact) mass is 197 g/mol. The molecular weight excluding hydrogens is 178 g/mol. The highest BCUT2D eigenvalue weighted by atomic mass is 15.3. The maximum atomic E-state index is 7.65. The van der Waals surface area contributed by atoms with Gasteiger partial charge in [0.2, 0.25) is 5.96 Å².